The molecule has 32 heavy (non-hydrogen) atoms. The molecule has 0 unspecified atom stereocenters. The summed E-state index contributed by atoms with van der Waals surface area (Å²) in [7, 11) is 0. The normalized spacial score (nSPS) is 11.7. The van der Waals surface area contributed by atoms with Crippen molar-refractivity contribution in [1.29, 1.82) is 0 Å². The van der Waals surface area contributed by atoms with Crippen molar-refractivity contribution in [1.82, 2.24) is 14.5 Å². The molecule has 5 nitrogen and oxygen atoms in total. The van der Waals surface area contributed by atoms with Crippen LogP contribution in [0.5, 0.6) is 0 Å². The summed E-state index contributed by atoms with van der Waals surface area (Å²) in [5.74, 6) is 1.88. The van der Waals surface area contributed by atoms with Gasteiger partial charge in [-0.3, -0.25) is 4.79 Å². The third-order valence-corrected chi connectivity index (χ3v) is 5.52. The highest BCUT2D eigenvalue weighted by molar-refractivity contribution is 5.98. The van der Waals surface area contributed by atoms with Gasteiger partial charge < -0.3 is 15.2 Å². The van der Waals surface area contributed by atoms with Gasteiger partial charge in [0.1, 0.15) is 5.82 Å². The van der Waals surface area contributed by atoms with Crippen LogP contribution < -0.4 is 5.73 Å². The molecule has 0 saturated carbocycles. The summed E-state index contributed by atoms with van der Waals surface area (Å²) in [4.78, 5) is 20.4. The van der Waals surface area contributed by atoms with E-state index in [-0.39, 0.29) is 5.91 Å². The van der Waals surface area contributed by atoms with E-state index in [2.05, 4.69) is 64.3 Å². The van der Waals surface area contributed by atoms with Crippen molar-refractivity contribution in [3.63, 3.8) is 0 Å². The zero-order valence-electron chi connectivity index (χ0n) is 20.5. The molecule has 0 bridgehead atoms. The first-order chi connectivity index (χ1) is 15.2. The van der Waals surface area contributed by atoms with Crippen molar-refractivity contribution in [3.05, 3.63) is 53.1 Å². The Morgan fingerprint density at radius 3 is 2.19 bits per heavy atom. The van der Waals surface area contributed by atoms with E-state index in [9.17, 15) is 4.79 Å². The molecule has 0 aliphatic carbocycles. The van der Waals surface area contributed by atoms with Crippen LogP contribution in [0.15, 0.2) is 36.4 Å². The molecular weight excluding hydrogens is 396 g/mol. The van der Waals surface area contributed by atoms with Gasteiger partial charge in [-0.15, -0.1) is 0 Å². The third-order valence-electron chi connectivity index (χ3n) is 5.52. The maximum atomic E-state index is 13.4. The Kier molecular flexibility index (Phi) is 7.73. The number of hydrogen-bond acceptors (Lipinski definition) is 3. The number of imidazole rings is 1. The predicted molar refractivity (Wildman–Crippen MR) is 134 cm³/mol. The highest BCUT2D eigenvalue weighted by Crippen LogP contribution is 2.28. The van der Waals surface area contributed by atoms with E-state index < -0.39 is 0 Å². The molecule has 0 atom stereocenters. The number of nitrogens with two attached hydrogens (primary N) is 1. The summed E-state index contributed by atoms with van der Waals surface area (Å²) in [6, 6.07) is 12.4. The first-order valence-corrected chi connectivity index (χ1v) is 11.8. The highest BCUT2D eigenvalue weighted by Gasteiger charge is 2.20. The number of amides is 1. The summed E-state index contributed by atoms with van der Waals surface area (Å²) in [6.45, 7) is 15.7. The lowest BCUT2D eigenvalue weighted by Crippen LogP contribution is -2.37. The average molecular weight is 435 g/mol. The molecule has 3 aromatic rings. The van der Waals surface area contributed by atoms with Crippen molar-refractivity contribution in [2.45, 2.75) is 54.5 Å². The average Bonchev–Trinajstić information content (AvgIpc) is 3.07. The van der Waals surface area contributed by atoms with Crippen LogP contribution in [0.25, 0.3) is 22.4 Å². The molecule has 0 aliphatic heterocycles. The standard InChI is InChI=1S/C27H38N4O/c1-18(2)16-30(17-19(3)4)27(32)22-8-9-24-25(15-22)31(11-7-10-28)26(29-24)23-13-20(5)12-21(6)14-23/h8-9,12-15,18-19H,7,10-11,16-17,28H2,1-6H3. The van der Waals surface area contributed by atoms with Crippen LogP contribution in [0, 0.1) is 25.7 Å². The highest BCUT2D eigenvalue weighted by atomic mass is 16.2. The Morgan fingerprint density at radius 2 is 1.62 bits per heavy atom. The Morgan fingerprint density at radius 1 is 1.00 bits per heavy atom. The molecule has 0 radical (unpaired) electrons. The lowest BCUT2D eigenvalue weighted by atomic mass is 10.1. The fraction of sp³-hybridized carbons (Fsp3) is 0.481. The smallest absolute Gasteiger partial charge is 0.253 e. The molecule has 2 aromatic carbocycles. The molecule has 3 rings (SSSR count). The monoisotopic (exact) mass is 434 g/mol. The third kappa shape index (κ3) is 5.57. The van der Waals surface area contributed by atoms with E-state index in [1.165, 1.54) is 11.1 Å². The van der Waals surface area contributed by atoms with Gasteiger partial charge in [0.05, 0.1) is 11.0 Å². The Balaban J connectivity index is 2.09. The maximum absolute atomic E-state index is 13.4. The molecule has 0 spiro atoms. The quantitative estimate of drug-likeness (QED) is 0.489. The molecule has 0 saturated heterocycles. The molecule has 2 N–H and O–H groups in total. The predicted octanol–water partition coefficient (Wildman–Crippen LogP) is 5.42. The van der Waals surface area contributed by atoms with Gasteiger partial charge in [-0.1, -0.05) is 44.9 Å². The second kappa shape index (κ2) is 10.3. The van der Waals surface area contributed by atoms with Crippen molar-refractivity contribution in [2.24, 2.45) is 17.6 Å². The minimum absolute atomic E-state index is 0.0915. The molecule has 1 aromatic heterocycles. The zero-order valence-corrected chi connectivity index (χ0v) is 20.5. The number of nitrogens with zero attached hydrogens (tertiary/aromatic N) is 3. The number of benzene rings is 2. The summed E-state index contributed by atoms with van der Waals surface area (Å²) in [6.07, 6.45) is 0.855. The van der Waals surface area contributed by atoms with Crippen LogP contribution in [0.1, 0.15) is 55.6 Å². The van der Waals surface area contributed by atoms with Crippen LogP contribution in [-0.2, 0) is 6.54 Å². The van der Waals surface area contributed by atoms with Crippen LogP contribution >= 0.6 is 0 Å². The van der Waals surface area contributed by atoms with Gasteiger partial charge in [-0.25, -0.2) is 4.98 Å². The van der Waals surface area contributed by atoms with E-state index >= 15 is 0 Å². The topological polar surface area (TPSA) is 64.2 Å². The van der Waals surface area contributed by atoms with Gasteiger partial charge in [-0.2, -0.15) is 0 Å². The first-order valence-electron chi connectivity index (χ1n) is 11.8. The van der Waals surface area contributed by atoms with E-state index in [0.29, 0.717) is 18.4 Å². The van der Waals surface area contributed by atoms with Gasteiger partial charge in [-0.05, 0) is 69.0 Å². The van der Waals surface area contributed by atoms with Crippen molar-refractivity contribution in [2.75, 3.05) is 19.6 Å². The van der Waals surface area contributed by atoms with Crippen molar-refractivity contribution >= 4 is 16.9 Å². The number of carbonyl (C=O) groups excluding carboxylic acids is 1. The minimum Gasteiger partial charge on any atom is -0.338 e. The Hall–Kier alpha value is -2.66. The number of fused-ring (bicyclic) bond motifs is 1. The summed E-state index contributed by atoms with van der Waals surface area (Å²) >= 11 is 0. The molecule has 1 amide bonds. The van der Waals surface area contributed by atoms with Gasteiger partial charge in [0.2, 0.25) is 0 Å². The zero-order chi connectivity index (χ0) is 23.4. The van der Waals surface area contributed by atoms with E-state index in [1.807, 2.05) is 23.1 Å². The Bertz CT molecular complexity index is 1050. The molecule has 172 valence electrons. The van der Waals surface area contributed by atoms with Crippen LogP contribution in [0.3, 0.4) is 0 Å². The van der Waals surface area contributed by atoms with Crippen LogP contribution in [0.4, 0.5) is 0 Å². The number of aryl methyl sites for hydroxylation is 3. The molecule has 0 aliphatic rings. The molecule has 1 heterocycles. The minimum atomic E-state index is 0.0915. The number of carbonyl (C=O) groups is 1. The van der Waals surface area contributed by atoms with E-state index in [4.69, 9.17) is 10.7 Å². The number of aromatic nitrogens is 2. The first kappa shape index (κ1) is 24.0. The lowest BCUT2D eigenvalue weighted by molar-refractivity contribution is 0.0715. The maximum Gasteiger partial charge on any atom is 0.253 e. The van der Waals surface area contributed by atoms with Crippen LogP contribution in [-0.4, -0.2) is 40.0 Å². The van der Waals surface area contributed by atoms with Gasteiger partial charge in [0.25, 0.3) is 5.91 Å². The Labute approximate surface area is 192 Å². The van der Waals surface area contributed by atoms with Crippen LogP contribution in [0.2, 0.25) is 0 Å². The van der Waals surface area contributed by atoms with Crippen molar-refractivity contribution < 1.29 is 4.79 Å². The SMILES string of the molecule is Cc1cc(C)cc(-c2nc3ccc(C(=O)N(CC(C)C)CC(C)C)cc3n2CCCN)c1. The summed E-state index contributed by atoms with van der Waals surface area (Å²) in [5, 5.41) is 0. The lowest BCUT2D eigenvalue weighted by Gasteiger charge is -2.26. The summed E-state index contributed by atoms with van der Waals surface area (Å²) < 4.78 is 2.22. The van der Waals surface area contributed by atoms with Gasteiger partial charge in [0.15, 0.2) is 0 Å². The van der Waals surface area contributed by atoms with E-state index in [0.717, 1.165) is 54.0 Å². The summed E-state index contributed by atoms with van der Waals surface area (Å²) in [5.41, 5.74) is 12.0. The second-order valence-corrected chi connectivity index (χ2v) is 9.81. The molecular formula is C27H38N4O. The molecule has 0 fully saturated rings. The van der Waals surface area contributed by atoms with Crippen molar-refractivity contribution in [3.8, 4) is 11.4 Å². The number of rotatable bonds is 9. The molecule has 5 heteroatoms. The largest absolute Gasteiger partial charge is 0.338 e. The van der Waals surface area contributed by atoms with Gasteiger partial charge >= 0.3 is 0 Å². The number of hydrogen-bond donors (Lipinski definition) is 1. The second-order valence-electron chi connectivity index (χ2n) is 9.81. The van der Waals surface area contributed by atoms with Gasteiger partial charge in [0, 0.05) is 30.8 Å². The van der Waals surface area contributed by atoms with E-state index in [1.54, 1.807) is 0 Å². The fourth-order valence-electron chi connectivity index (χ4n) is 4.36. The fourth-order valence-corrected chi connectivity index (χ4v) is 4.36.